The minimum absolute atomic E-state index is 0.167. The first kappa shape index (κ1) is 9.86. The third kappa shape index (κ3) is 2.22. The lowest BCUT2D eigenvalue weighted by Crippen LogP contribution is -1.90. The van der Waals surface area contributed by atoms with Crippen LogP contribution in [-0.2, 0) is 6.42 Å². The lowest BCUT2D eigenvalue weighted by atomic mass is 10.1. The van der Waals surface area contributed by atoms with Crippen LogP contribution in [0.25, 0.3) is 11.4 Å². The van der Waals surface area contributed by atoms with E-state index in [1.54, 1.807) is 6.92 Å². The molecule has 0 saturated heterocycles. The Hall–Kier alpha value is -1.68. The highest BCUT2D eigenvalue weighted by molar-refractivity contribution is 5.54. The van der Waals surface area contributed by atoms with Crippen molar-refractivity contribution in [3.8, 4) is 11.4 Å². The SMILES string of the molecule is Cc1nc(-c2ccc(CCO)cc2)no1. The molecule has 0 saturated carbocycles. The highest BCUT2D eigenvalue weighted by Crippen LogP contribution is 2.16. The maximum Gasteiger partial charge on any atom is 0.223 e. The number of nitrogens with zero attached hydrogens (tertiary/aromatic N) is 2. The van der Waals surface area contributed by atoms with E-state index in [0.717, 1.165) is 11.1 Å². The lowest BCUT2D eigenvalue weighted by molar-refractivity contribution is 0.299. The highest BCUT2D eigenvalue weighted by Gasteiger charge is 2.04. The van der Waals surface area contributed by atoms with Gasteiger partial charge in [0.25, 0.3) is 0 Å². The van der Waals surface area contributed by atoms with Gasteiger partial charge in [-0.3, -0.25) is 0 Å². The summed E-state index contributed by atoms with van der Waals surface area (Å²) in [5, 5.41) is 12.6. The quantitative estimate of drug-likeness (QED) is 0.824. The molecule has 2 aromatic rings. The molecule has 2 rings (SSSR count). The van der Waals surface area contributed by atoms with E-state index < -0.39 is 0 Å². The first-order valence-corrected chi connectivity index (χ1v) is 4.80. The van der Waals surface area contributed by atoms with Crippen molar-refractivity contribution in [2.45, 2.75) is 13.3 Å². The number of aromatic nitrogens is 2. The molecule has 1 aromatic heterocycles. The van der Waals surface area contributed by atoms with Crippen LogP contribution in [0.1, 0.15) is 11.5 Å². The average Bonchev–Trinajstić information content (AvgIpc) is 2.67. The Bertz CT molecular complexity index is 434. The van der Waals surface area contributed by atoms with Gasteiger partial charge >= 0.3 is 0 Å². The second kappa shape index (κ2) is 4.23. The Kier molecular flexibility index (Phi) is 2.78. The van der Waals surface area contributed by atoms with Crippen LogP contribution in [0.3, 0.4) is 0 Å². The summed E-state index contributed by atoms with van der Waals surface area (Å²) in [5.41, 5.74) is 2.02. The second-order valence-corrected chi connectivity index (χ2v) is 3.31. The van der Waals surface area contributed by atoms with Crippen molar-refractivity contribution in [3.63, 3.8) is 0 Å². The van der Waals surface area contributed by atoms with Gasteiger partial charge in [0.15, 0.2) is 0 Å². The van der Waals surface area contributed by atoms with E-state index in [4.69, 9.17) is 9.63 Å². The molecular formula is C11H12N2O2. The van der Waals surface area contributed by atoms with Crippen molar-refractivity contribution in [1.82, 2.24) is 10.1 Å². The molecule has 4 nitrogen and oxygen atoms in total. The summed E-state index contributed by atoms with van der Waals surface area (Å²) in [6, 6.07) is 7.76. The lowest BCUT2D eigenvalue weighted by Gasteiger charge is -1.98. The van der Waals surface area contributed by atoms with E-state index in [-0.39, 0.29) is 6.61 Å². The third-order valence-electron chi connectivity index (χ3n) is 2.14. The number of hydrogen-bond donors (Lipinski definition) is 1. The Morgan fingerprint density at radius 2 is 2.00 bits per heavy atom. The zero-order valence-electron chi connectivity index (χ0n) is 8.47. The summed E-state index contributed by atoms with van der Waals surface area (Å²) in [6.07, 6.45) is 0.672. The summed E-state index contributed by atoms with van der Waals surface area (Å²) in [7, 11) is 0. The van der Waals surface area contributed by atoms with Crippen molar-refractivity contribution >= 4 is 0 Å². The molecule has 4 heteroatoms. The first-order valence-electron chi connectivity index (χ1n) is 4.80. The first-order chi connectivity index (χ1) is 7.29. The van der Waals surface area contributed by atoms with E-state index >= 15 is 0 Å². The largest absolute Gasteiger partial charge is 0.396 e. The number of hydrogen-bond acceptors (Lipinski definition) is 4. The molecule has 0 unspecified atom stereocenters. The topological polar surface area (TPSA) is 59.2 Å². The Morgan fingerprint density at radius 3 is 2.53 bits per heavy atom. The predicted molar refractivity (Wildman–Crippen MR) is 55.3 cm³/mol. The normalized spacial score (nSPS) is 10.5. The minimum Gasteiger partial charge on any atom is -0.396 e. The summed E-state index contributed by atoms with van der Waals surface area (Å²) in [5.74, 6) is 1.16. The Morgan fingerprint density at radius 1 is 1.27 bits per heavy atom. The maximum absolute atomic E-state index is 8.77. The van der Waals surface area contributed by atoms with Gasteiger partial charge in [0.2, 0.25) is 11.7 Å². The van der Waals surface area contributed by atoms with Crippen molar-refractivity contribution < 1.29 is 9.63 Å². The van der Waals surface area contributed by atoms with E-state index in [1.807, 2.05) is 24.3 Å². The minimum atomic E-state index is 0.167. The van der Waals surface area contributed by atoms with Crippen LogP contribution in [0.2, 0.25) is 0 Å². The number of aliphatic hydroxyl groups is 1. The van der Waals surface area contributed by atoms with Gasteiger partial charge in [-0.25, -0.2) is 0 Å². The molecule has 0 spiro atoms. The molecule has 0 radical (unpaired) electrons. The van der Waals surface area contributed by atoms with E-state index in [0.29, 0.717) is 18.1 Å². The fraction of sp³-hybridized carbons (Fsp3) is 0.273. The number of benzene rings is 1. The molecule has 1 heterocycles. The van der Waals surface area contributed by atoms with Crippen LogP contribution in [0.4, 0.5) is 0 Å². The van der Waals surface area contributed by atoms with Crippen molar-refractivity contribution in [3.05, 3.63) is 35.7 Å². The Labute approximate surface area is 87.6 Å². The third-order valence-corrected chi connectivity index (χ3v) is 2.14. The van der Waals surface area contributed by atoms with Gasteiger partial charge < -0.3 is 9.63 Å². The van der Waals surface area contributed by atoms with Gasteiger partial charge in [0.05, 0.1) is 0 Å². The van der Waals surface area contributed by atoms with Crippen molar-refractivity contribution in [1.29, 1.82) is 0 Å². The summed E-state index contributed by atoms with van der Waals surface area (Å²) in [4.78, 5) is 4.13. The van der Waals surface area contributed by atoms with Crippen LogP contribution in [-0.4, -0.2) is 21.9 Å². The van der Waals surface area contributed by atoms with Gasteiger partial charge in [-0.15, -0.1) is 0 Å². The van der Waals surface area contributed by atoms with Crippen molar-refractivity contribution in [2.75, 3.05) is 6.61 Å². The van der Waals surface area contributed by atoms with E-state index in [1.165, 1.54) is 0 Å². The van der Waals surface area contributed by atoms with Crippen LogP contribution < -0.4 is 0 Å². The van der Waals surface area contributed by atoms with Gasteiger partial charge in [-0.1, -0.05) is 29.4 Å². The standard InChI is InChI=1S/C11H12N2O2/c1-8-12-11(13-15-8)10-4-2-9(3-5-10)6-7-14/h2-5,14H,6-7H2,1H3. The van der Waals surface area contributed by atoms with Gasteiger partial charge in [0.1, 0.15) is 0 Å². The molecular weight excluding hydrogens is 192 g/mol. The van der Waals surface area contributed by atoms with Crippen molar-refractivity contribution in [2.24, 2.45) is 0 Å². The van der Waals surface area contributed by atoms with Crippen LogP contribution >= 0.6 is 0 Å². The summed E-state index contributed by atoms with van der Waals surface area (Å²) >= 11 is 0. The molecule has 1 N–H and O–H groups in total. The molecule has 0 fully saturated rings. The Balaban J connectivity index is 2.23. The van der Waals surface area contributed by atoms with E-state index in [9.17, 15) is 0 Å². The molecule has 1 aromatic carbocycles. The number of aryl methyl sites for hydroxylation is 1. The zero-order valence-corrected chi connectivity index (χ0v) is 8.47. The molecule has 0 atom stereocenters. The molecule has 0 bridgehead atoms. The average molecular weight is 204 g/mol. The van der Waals surface area contributed by atoms with E-state index in [2.05, 4.69) is 10.1 Å². The maximum atomic E-state index is 8.77. The monoisotopic (exact) mass is 204 g/mol. The molecule has 0 aliphatic heterocycles. The summed E-state index contributed by atoms with van der Waals surface area (Å²) < 4.78 is 4.90. The van der Waals surface area contributed by atoms with Gasteiger partial charge in [-0.05, 0) is 12.0 Å². The smallest absolute Gasteiger partial charge is 0.223 e. The second-order valence-electron chi connectivity index (χ2n) is 3.31. The fourth-order valence-corrected chi connectivity index (χ4v) is 1.37. The molecule has 15 heavy (non-hydrogen) atoms. The molecule has 0 aliphatic rings. The van der Waals surface area contributed by atoms with Crippen LogP contribution in [0, 0.1) is 6.92 Å². The van der Waals surface area contributed by atoms with Gasteiger partial charge in [0, 0.05) is 19.1 Å². The highest BCUT2D eigenvalue weighted by atomic mass is 16.5. The number of aliphatic hydroxyl groups excluding tert-OH is 1. The predicted octanol–water partition coefficient (Wildman–Crippen LogP) is 1.58. The van der Waals surface area contributed by atoms with Crippen LogP contribution in [0.5, 0.6) is 0 Å². The fourth-order valence-electron chi connectivity index (χ4n) is 1.37. The molecule has 0 aliphatic carbocycles. The number of rotatable bonds is 3. The van der Waals surface area contributed by atoms with Gasteiger partial charge in [-0.2, -0.15) is 4.98 Å². The molecule has 0 amide bonds. The summed E-state index contributed by atoms with van der Waals surface area (Å²) in [6.45, 7) is 1.93. The van der Waals surface area contributed by atoms with Crippen LogP contribution in [0.15, 0.2) is 28.8 Å². The zero-order chi connectivity index (χ0) is 10.7. The molecule has 78 valence electrons.